The van der Waals surface area contributed by atoms with Crippen molar-refractivity contribution in [1.29, 1.82) is 0 Å². The van der Waals surface area contributed by atoms with E-state index in [1.165, 1.54) is 0 Å². The van der Waals surface area contributed by atoms with Crippen LogP contribution in [-0.2, 0) is 0 Å². The lowest BCUT2D eigenvalue weighted by atomic mass is 10.1. The van der Waals surface area contributed by atoms with Crippen LogP contribution in [0, 0.1) is 0 Å². The summed E-state index contributed by atoms with van der Waals surface area (Å²) in [7, 11) is 0. The second-order valence-corrected chi connectivity index (χ2v) is 6.31. The standard InChI is InChI=1S/C19H13Cl2N3/c20-15-8-14(9-16(21)10-15)18-17(12-4-2-1-3-5-12)23-19(24-18)13-6-7-22-11-13/h1-11,22H,(H,23,24). The molecule has 0 fully saturated rings. The molecule has 24 heavy (non-hydrogen) atoms. The van der Waals surface area contributed by atoms with Gasteiger partial charge in [-0.3, -0.25) is 0 Å². The first-order valence-corrected chi connectivity index (χ1v) is 8.21. The average molecular weight is 354 g/mol. The molecule has 0 spiro atoms. The maximum absolute atomic E-state index is 6.18. The van der Waals surface area contributed by atoms with Crippen molar-refractivity contribution < 1.29 is 0 Å². The van der Waals surface area contributed by atoms with E-state index in [2.05, 4.69) is 9.97 Å². The molecule has 0 saturated heterocycles. The number of imidazole rings is 1. The van der Waals surface area contributed by atoms with E-state index in [0.29, 0.717) is 10.0 Å². The summed E-state index contributed by atoms with van der Waals surface area (Å²) in [5, 5.41) is 1.17. The van der Waals surface area contributed by atoms with Crippen molar-refractivity contribution in [2.24, 2.45) is 0 Å². The van der Waals surface area contributed by atoms with Crippen LogP contribution in [-0.4, -0.2) is 15.0 Å². The first kappa shape index (κ1) is 15.1. The molecule has 4 rings (SSSR count). The van der Waals surface area contributed by atoms with Gasteiger partial charge in [-0.15, -0.1) is 0 Å². The van der Waals surface area contributed by atoms with Crippen LogP contribution in [0.2, 0.25) is 10.0 Å². The number of halogens is 2. The third-order valence-electron chi connectivity index (χ3n) is 3.77. The second-order valence-electron chi connectivity index (χ2n) is 5.43. The van der Waals surface area contributed by atoms with Crippen molar-refractivity contribution >= 4 is 23.2 Å². The lowest BCUT2D eigenvalue weighted by Crippen LogP contribution is -1.84. The van der Waals surface area contributed by atoms with E-state index in [-0.39, 0.29) is 0 Å². The SMILES string of the molecule is Clc1cc(Cl)cc(-c2nc(-c3cc[nH]c3)[nH]c2-c2ccccc2)c1. The Hall–Kier alpha value is -2.49. The lowest BCUT2D eigenvalue weighted by Gasteiger charge is -2.04. The van der Waals surface area contributed by atoms with E-state index in [0.717, 1.165) is 33.9 Å². The number of hydrogen-bond donors (Lipinski definition) is 2. The maximum Gasteiger partial charge on any atom is 0.140 e. The number of H-pyrrole nitrogens is 2. The van der Waals surface area contributed by atoms with Gasteiger partial charge in [0.25, 0.3) is 0 Å². The zero-order chi connectivity index (χ0) is 16.5. The van der Waals surface area contributed by atoms with Crippen LogP contribution < -0.4 is 0 Å². The molecule has 0 atom stereocenters. The van der Waals surface area contributed by atoms with Crippen molar-refractivity contribution in [3.8, 4) is 33.9 Å². The average Bonchev–Trinajstić information content (AvgIpc) is 3.24. The number of aromatic nitrogens is 3. The Morgan fingerprint density at radius 3 is 2.21 bits per heavy atom. The first-order valence-electron chi connectivity index (χ1n) is 7.46. The van der Waals surface area contributed by atoms with Crippen molar-refractivity contribution in [1.82, 2.24) is 15.0 Å². The molecule has 2 heterocycles. The van der Waals surface area contributed by atoms with Crippen LogP contribution in [0.3, 0.4) is 0 Å². The Morgan fingerprint density at radius 2 is 1.54 bits per heavy atom. The van der Waals surface area contributed by atoms with E-state index in [1.807, 2.05) is 60.9 Å². The molecule has 0 amide bonds. The summed E-state index contributed by atoms with van der Waals surface area (Å²) in [4.78, 5) is 11.3. The predicted molar refractivity (Wildman–Crippen MR) is 99.3 cm³/mol. The zero-order valence-corrected chi connectivity index (χ0v) is 14.1. The summed E-state index contributed by atoms with van der Waals surface area (Å²) in [6, 6.07) is 17.5. The molecule has 0 bridgehead atoms. The second kappa shape index (κ2) is 6.19. The molecular weight excluding hydrogens is 341 g/mol. The van der Waals surface area contributed by atoms with E-state index in [1.54, 1.807) is 6.07 Å². The summed E-state index contributed by atoms with van der Waals surface area (Å²) >= 11 is 12.4. The normalized spacial score (nSPS) is 10.9. The third kappa shape index (κ3) is 2.84. The fourth-order valence-electron chi connectivity index (χ4n) is 2.69. The maximum atomic E-state index is 6.18. The Balaban J connectivity index is 1.94. The van der Waals surface area contributed by atoms with Gasteiger partial charge in [-0.05, 0) is 24.3 Å². The smallest absolute Gasteiger partial charge is 0.140 e. The fraction of sp³-hybridized carbons (Fsp3) is 0. The topological polar surface area (TPSA) is 44.5 Å². The highest BCUT2D eigenvalue weighted by atomic mass is 35.5. The largest absolute Gasteiger partial charge is 0.367 e. The van der Waals surface area contributed by atoms with Crippen molar-refractivity contribution in [3.63, 3.8) is 0 Å². The van der Waals surface area contributed by atoms with Gasteiger partial charge in [0.1, 0.15) is 5.82 Å². The minimum absolute atomic E-state index is 0.586. The molecule has 2 aromatic carbocycles. The van der Waals surface area contributed by atoms with Crippen LogP contribution in [0.4, 0.5) is 0 Å². The monoisotopic (exact) mass is 353 g/mol. The molecule has 118 valence electrons. The molecule has 2 aromatic heterocycles. The Labute approximate surface area is 149 Å². The van der Waals surface area contributed by atoms with E-state index in [9.17, 15) is 0 Å². The quantitative estimate of drug-likeness (QED) is 0.462. The van der Waals surface area contributed by atoms with Gasteiger partial charge in [-0.25, -0.2) is 4.98 Å². The molecule has 2 N–H and O–H groups in total. The number of aromatic amines is 2. The lowest BCUT2D eigenvalue weighted by molar-refractivity contribution is 1.31. The number of benzene rings is 2. The molecule has 0 aliphatic rings. The van der Waals surface area contributed by atoms with Crippen molar-refractivity contribution in [2.45, 2.75) is 0 Å². The van der Waals surface area contributed by atoms with Crippen LogP contribution in [0.15, 0.2) is 67.0 Å². The number of nitrogens with zero attached hydrogens (tertiary/aromatic N) is 1. The summed E-state index contributed by atoms with van der Waals surface area (Å²) in [5.74, 6) is 0.793. The first-order chi connectivity index (χ1) is 11.7. The highest BCUT2D eigenvalue weighted by Crippen LogP contribution is 2.35. The predicted octanol–water partition coefficient (Wildman–Crippen LogP) is 6.05. The minimum atomic E-state index is 0.586. The third-order valence-corrected chi connectivity index (χ3v) is 4.21. The number of hydrogen-bond acceptors (Lipinski definition) is 1. The Bertz CT molecular complexity index is 953. The fourth-order valence-corrected chi connectivity index (χ4v) is 3.22. The number of rotatable bonds is 3. The Morgan fingerprint density at radius 1 is 0.792 bits per heavy atom. The van der Waals surface area contributed by atoms with Crippen LogP contribution in [0.1, 0.15) is 0 Å². The summed E-state index contributed by atoms with van der Waals surface area (Å²) in [6.07, 6.45) is 3.78. The zero-order valence-electron chi connectivity index (χ0n) is 12.6. The van der Waals surface area contributed by atoms with Gasteiger partial charge in [0.15, 0.2) is 0 Å². The van der Waals surface area contributed by atoms with Crippen molar-refractivity contribution in [2.75, 3.05) is 0 Å². The highest BCUT2D eigenvalue weighted by Gasteiger charge is 2.16. The summed E-state index contributed by atoms with van der Waals surface area (Å²) in [6.45, 7) is 0. The van der Waals surface area contributed by atoms with Gasteiger partial charge >= 0.3 is 0 Å². The Kier molecular flexibility index (Phi) is 3.89. The summed E-state index contributed by atoms with van der Waals surface area (Å²) in [5.41, 5.74) is 4.68. The molecule has 0 saturated carbocycles. The summed E-state index contributed by atoms with van der Waals surface area (Å²) < 4.78 is 0. The van der Waals surface area contributed by atoms with Gasteiger partial charge < -0.3 is 9.97 Å². The molecular formula is C19H13Cl2N3. The van der Waals surface area contributed by atoms with Crippen molar-refractivity contribution in [3.05, 3.63) is 77.0 Å². The molecule has 4 aromatic rings. The molecule has 0 unspecified atom stereocenters. The molecule has 0 aliphatic heterocycles. The number of nitrogens with one attached hydrogen (secondary N) is 2. The van der Waals surface area contributed by atoms with Crippen LogP contribution in [0.5, 0.6) is 0 Å². The van der Waals surface area contributed by atoms with E-state index < -0.39 is 0 Å². The molecule has 0 radical (unpaired) electrons. The van der Waals surface area contributed by atoms with Gasteiger partial charge in [-0.1, -0.05) is 53.5 Å². The minimum Gasteiger partial charge on any atom is -0.367 e. The van der Waals surface area contributed by atoms with Gasteiger partial charge in [0.05, 0.1) is 11.4 Å². The van der Waals surface area contributed by atoms with Gasteiger partial charge in [0, 0.05) is 39.1 Å². The van der Waals surface area contributed by atoms with Crippen LogP contribution in [0.25, 0.3) is 33.9 Å². The molecule has 0 aliphatic carbocycles. The van der Waals surface area contributed by atoms with Crippen LogP contribution >= 0.6 is 23.2 Å². The van der Waals surface area contributed by atoms with Gasteiger partial charge in [-0.2, -0.15) is 0 Å². The van der Waals surface area contributed by atoms with Gasteiger partial charge in [0.2, 0.25) is 0 Å². The van der Waals surface area contributed by atoms with E-state index >= 15 is 0 Å². The van der Waals surface area contributed by atoms with E-state index in [4.69, 9.17) is 28.2 Å². The molecule has 5 heteroatoms. The molecule has 3 nitrogen and oxygen atoms in total. The highest BCUT2D eigenvalue weighted by molar-refractivity contribution is 6.35.